The molecule has 2 aromatic carbocycles. The van der Waals surface area contributed by atoms with Crippen molar-refractivity contribution in [2.75, 3.05) is 40.3 Å². The zero-order valence-electron chi connectivity index (χ0n) is 21.1. The molecule has 1 N–H and O–H groups in total. The van der Waals surface area contributed by atoms with Gasteiger partial charge in [-0.2, -0.15) is 0 Å². The Morgan fingerprint density at radius 3 is 2.33 bits per heavy atom. The van der Waals surface area contributed by atoms with Crippen molar-refractivity contribution in [3.8, 4) is 0 Å². The van der Waals surface area contributed by atoms with Gasteiger partial charge >= 0.3 is 6.03 Å². The number of amides is 4. The molecule has 0 bridgehead atoms. The third kappa shape index (κ3) is 5.75. The highest BCUT2D eigenvalue weighted by molar-refractivity contribution is 6.07. The summed E-state index contributed by atoms with van der Waals surface area (Å²) in [7, 11) is 3.83. The summed E-state index contributed by atoms with van der Waals surface area (Å²) in [5.74, 6) is -0.540. The molecule has 2 heterocycles. The highest BCUT2D eigenvalue weighted by atomic mass is 19.1. The van der Waals surface area contributed by atoms with Crippen LogP contribution in [0.5, 0.6) is 0 Å². The molecule has 192 valence electrons. The standard InChI is InChI=1S/C28H35FN4O3/c1-31(2)18-19-33-26(35)28(30-27(33)36,15-12-21-6-4-3-5-7-21)23-13-16-32(17-14-23)25(34)20-22-8-10-24(29)11-9-22/h3-11,23H,12-20H2,1-2H3,(H,30,36)/t28-/m1/s1. The molecule has 1 atom stereocenters. The predicted octanol–water partition coefficient (Wildman–Crippen LogP) is 3.09. The maximum absolute atomic E-state index is 13.8. The minimum absolute atomic E-state index is 0.00668. The molecule has 2 saturated heterocycles. The number of imide groups is 1. The summed E-state index contributed by atoms with van der Waals surface area (Å²) in [6.45, 7) is 2.00. The van der Waals surface area contributed by atoms with Crippen LogP contribution >= 0.6 is 0 Å². The lowest BCUT2D eigenvalue weighted by atomic mass is 9.74. The first-order valence-electron chi connectivity index (χ1n) is 12.6. The van der Waals surface area contributed by atoms with Gasteiger partial charge in [0.2, 0.25) is 5.91 Å². The smallest absolute Gasteiger partial charge is 0.325 e. The van der Waals surface area contributed by atoms with Crippen LogP contribution in [0, 0.1) is 11.7 Å². The van der Waals surface area contributed by atoms with Crippen LogP contribution in [0.1, 0.15) is 30.4 Å². The first-order valence-corrected chi connectivity index (χ1v) is 12.6. The van der Waals surface area contributed by atoms with Crippen molar-refractivity contribution in [1.29, 1.82) is 0 Å². The fourth-order valence-electron chi connectivity index (χ4n) is 5.29. The van der Waals surface area contributed by atoms with Crippen molar-refractivity contribution in [1.82, 2.24) is 20.0 Å². The SMILES string of the molecule is CN(C)CCN1C(=O)N[C@](CCc2ccccc2)(C2CCN(C(=O)Cc3ccc(F)cc3)CC2)C1=O. The first-order chi connectivity index (χ1) is 17.3. The van der Waals surface area contributed by atoms with E-state index in [2.05, 4.69) is 5.32 Å². The number of nitrogens with one attached hydrogen (secondary N) is 1. The summed E-state index contributed by atoms with van der Waals surface area (Å²) in [5, 5.41) is 3.10. The number of likely N-dealkylation sites (tertiary alicyclic amines) is 1. The molecule has 0 saturated carbocycles. The molecule has 4 amide bonds. The van der Waals surface area contributed by atoms with Gasteiger partial charge in [-0.1, -0.05) is 42.5 Å². The number of carbonyl (C=O) groups excluding carboxylic acids is 3. The molecule has 4 rings (SSSR count). The highest BCUT2D eigenvalue weighted by Gasteiger charge is 2.55. The second-order valence-corrected chi connectivity index (χ2v) is 10.1. The quantitative estimate of drug-likeness (QED) is 0.544. The predicted molar refractivity (Wildman–Crippen MR) is 136 cm³/mol. The molecule has 2 aliphatic rings. The Labute approximate surface area is 212 Å². The zero-order valence-corrected chi connectivity index (χ0v) is 21.1. The van der Waals surface area contributed by atoms with Gasteiger partial charge in [-0.15, -0.1) is 0 Å². The summed E-state index contributed by atoms with van der Waals surface area (Å²) < 4.78 is 13.2. The lowest BCUT2D eigenvalue weighted by Crippen LogP contribution is -2.57. The second kappa shape index (κ2) is 11.2. The summed E-state index contributed by atoms with van der Waals surface area (Å²) in [6, 6.07) is 15.7. The number of rotatable bonds is 9. The molecule has 0 unspecified atom stereocenters. The summed E-state index contributed by atoms with van der Waals surface area (Å²) in [5.41, 5.74) is 0.931. The van der Waals surface area contributed by atoms with Crippen molar-refractivity contribution in [3.63, 3.8) is 0 Å². The topological polar surface area (TPSA) is 73.0 Å². The van der Waals surface area contributed by atoms with Crippen molar-refractivity contribution in [2.24, 2.45) is 5.92 Å². The van der Waals surface area contributed by atoms with Gasteiger partial charge < -0.3 is 15.1 Å². The maximum Gasteiger partial charge on any atom is 0.325 e. The van der Waals surface area contributed by atoms with Crippen molar-refractivity contribution in [3.05, 3.63) is 71.5 Å². The molecule has 2 aromatic rings. The number of urea groups is 1. The molecule has 36 heavy (non-hydrogen) atoms. The van der Waals surface area contributed by atoms with Crippen LogP contribution in [0.4, 0.5) is 9.18 Å². The Bertz CT molecular complexity index is 1070. The van der Waals surface area contributed by atoms with Gasteiger partial charge in [0, 0.05) is 26.2 Å². The summed E-state index contributed by atoms with van der Waals surface area (Å²) >= 11 is 0. The molecule has 0 spiro atoms. The molecule has 2 aliphatic heterocycles. The van der Waals surface area contributed by atoms with Gasteiger partial charge in [0.1, 0.15) is 11.4 Å². The van der Waals surface area contributed by atoms with Gasteiger partial charge in [-0.05, 0) is 69.0 Å². The summed E-state index contributed by atoms with van der Waals surface area (Å²) in [4.78, 5) is 44.7. The van der Waals surface area contributed by atoms with Gasteiger partial charge in [-0.25, -0.2) is 9.18 Å². The Balaban J connectivity index is 1.46. The average Bonchev–Trinajstić information content (AvgIpc) is 3.13. The van der Waals surface area contributed by atoms with E-state index in [-0.39, 0.29) is 36.0 Å². The van der Waals surface area contributed by atoms with E-state index in [1.807, 2.05) is 54.2 Å². The molecule has 0 aliphatic carbocycles. The van der Waals surface area contributed by atoms with Gasteiger partial charge in [0.25, 0.3) is 5.91 Å². The van der Waals surface area contributed by atoms with Gasteiger partial charge in [-0.3, -0.25) is 14.5 Å². The molecular weight excluding hydrogens is 459 g/mol. The number of piperidine rings is 1. The van der Waals surface area contributed by atoms with Crippen LogP contribution in [0.25, 0.3) is 0 Å². The van der Waals surface area contributed by atoms with Crippen molar-refractivity contribution in [2.45, 2.75) is 37.6 Å². The molecule has 7 nitrogen and oxygen atoms in total. The van der Waals surface area contributed by atoms with E-state index in [0.29, 0.717) is 51.9 Å². The van der Waals surface area contributed by atoms with Gasteiger partial charge in [0.05, 0.1) is 6.42 Å². The van der Waals surface area contributed by atoms with E-state index in [9.17, 15) is 18.8 Å². The van der Waals surface area contributed by atoms with Crippen LogP contribution in [0.15, 0.2) is 54.6 Å². The Morgan fingerprint density at radius 2 is 1.69 bits per heavy atom. The van der Waals surface area contributed by atoms with Crippen LogP contribution in [-0.4, -0.2) is 78.4 Å². The largest absolute Gasteiger partial charge is 0.342 e. The molecule has 2 fully saturated rings. The van der Waals surface area contributed by atoms with E-state index >= 15 is 0 Å². The lowest BCUT2D eigenvalue weighted by Gasteiger charge is -2.41. The number of nitrogens with zero attached hydrogens (tertiary/aromatic N) is 3. The fourth-order valence-corrected chi connectivity index (χ4v) is 5.29. The molecular formula is C28H35FN4O3. The minimum atomic E-state index is -0.967. The number of aryl methyl sites for hydroxylation is 1. The molecule has 8 heteroatoms. The maximum atomic E-state index is 13.8. The fraction of sp³-hybridized carbons (Fsp3) is 0.464. The third-order valence-electron chi connectivity index (χ3n) is 7.44. The number of likely N-dealkylation sites (N-methyl/N-ethyl adjacent to an activating group) is 1. The van der Waals surface area contributed by atoms with Crippen molar-refractivity contribution < 1.29 is 18.8 Å². The number of carbonyl (C=O) groups is 3. The highest BCUT2D eigenvalue weighted by Crippen LogP contribution is 2.37. The number of hydrogen-bond donors (Lipinski definition) is 1. The first kappa shape index (κ1) is 25.8. The lowest BCUT2D eigenvalue weighted by molar-refractivity contribution is -0.136. The number of benzene rings is 2. The molecule has 0 aromatic heterocycles. The van der Waals surface area contributed by atoms with E-state index in [1.165, 1.54) is 17.0 Å². The van der Waals surface area contributed by atoms with E-state index in [0.717, 1.165) is 11.1 Å². The summed E-state index contributed by atoms with van der Waals surface area (Å²) in [6.07, 6.45) is 2.69. The third-order valence-corrected chi connectivity index (χ3v) is 7.44. The molecule has 0 radical (unpaired) electrons. The zero-order chi connectivity index (χ0) is 25.7. The second-order valence-electron chi connectivity index (χ2n) is 10.1. The normalized spacial score (nSPS) is 20.8. The van der Waals surface area contributed by atoms with Crippen molar-refractivity contribution >= 4 is 17.8 Å². The monoisotopic (exact) mass is 494 g/mol. The number of hydrogen-bond acceptors (Lipinski definition) is 4. The Morgan fingerprint density at radius 1 is 1.03 bits per heavy atom. The van der Waals surface area contributed by atoms with Crippen LogP contribution in [-0.2, 0) is 22.4 Å². The van der Waals surface area contributed by atoms with E-state index < -0.39 is 5.54 Å². The van der Waals surface area contributed by atoms with E-state index in [1.54, 1.807) is 12.1 Å². The number of halogens is 1. The average molecular weight is 495 g/mol. The van der Waals surface area contributed by atoms with Crippen LogP contribution < -0.4 is 5.32 Å². The van der Waals surface area contributed by atoms with Crippen LogP contribution in [0.2, 0.25) is 0 Å². The minimum Gasteiger partial charge on any atom is -0.342 e. The van der Waals surface area contributed by atoms with Gasteiger partial charge in [0.15, 0.2) is 0 Å². The Hall–Kier alpha value is -3.26. The van der Waals surface area contributed by atoms with E-state index in [4.69, 9.17) is 0 Å². The van der Waals surface area contributed by atoms with Crippen LogP contribution in [0.3, 0.4) is 0 Å². The Kier molecular flexibility index (Phi) is 8.04.